The molecule has 0 aliphatic heterocycles. The first-order valence-electron chi connectivity index (χ1n) is 10.9. The second-order valence-electron chi connectivity index (χ2n) is 7.47. The number of hydrogen-bond acceptors (Lipinski definition) is 1. The van der Waals surface area contributed by atoms with E-state index in [1.807, 2.05) is 6.92 Å². The van der Waals surface area contributed by atoms with Gasteiger partial charge in [-0.2, -0.15) is 0 Å². The quantitative estimate of drug-likeness (QED) is 0.265. The zero-order chi connectivity index (χ0) is 18.0. The number of carbonyl (C=O) groups is 1. The van der Waals surface area contributed by atoms with Crippen LogP contribution in [0.5, 0.6) is 0 Å². The normalized spacial score (nSPS) is 10.9. The summed E-state index contributed by atoms with van der Waals surface area (Å²) < 4.78 is 0. The summed E-state index contributed by atoms with van der Waals surface area (Å²) in [7, 11) is 0. The second-order valence-corrected chi connectivity index (χ2v) is 7.47. The van der Waals surface area contributed by atoms with Gasteiger partial charge in [-0.15, -0.1) is 0 Å². The molecule has 0 heterocycles. The van der Waals surface area contributed by atoms with Gasteiger partial charge in [-0.3, -0.25) is 4.79 Å². The smallest absolute Gasteiger partial charge is 0.132 e. The average Bonchev–Trinajstić information content (AvgIpc) is 2.65. The molecule has 1 heteroatoms. The lowest BCUT2D eigenvalue weighted by molar-refractivity contribution is -0.118. The van der Waals surface area contributed by atoms with Gasteiger partial charge in [0.15, 0.2) is 0 Å². The summed E-state index contributed by atoms with van der Waals surface area (Å²) in [5.41, 5.74) is 1.49. The van der Waals surface area contributed by atoms with Crippen molar-refractivity contribution in [2.75, 3.05) is 0 Å². The van der Waals surface area contributed by atoms with Crippen LogP contribution in [-0.4, -0.2) is 5.78 Å². The Balaban J connectivity index is 1.73. The summed E-state index contributed by atoms with van der Waals surface area (Å²) in [5, 5.41) is 0. The number of rotatable bonds is 17. The highest BCUT2D eigenvalue weighted by atomic mass is 16.1. The lowest BCUT2D eigenvalue weighted by Crippen LogP contribution is -1.94. The molecule has 1 aromatic carbocycles. The summed E-state index contributed by atoms with van der Waals surface area (Å²) in [4.78, 5) is 11.2. The molecule has 0 bridgehead atoms. The molecule has 1 aromatic rings. The number of hydrogen-bond donors (Lipinski definition) is 0. The van der Waals surface area contributed by atoms with Crippen LogP contribution in [0.15, 0.2) is 30.3 Å². The average molecular weight is 345 g/mol. The van der Waals surface area contributed by atoms with Gasteiger partial charge in [-0.05, 0) is 24.8 Å². The van der Waals surface area contributed by atoms with Gasteiger partial charge in [-0.1, -0.05) is 108 Å². The molecular weight excluding hydrogens is 304 g/mol. The predicted octanol–water partition coefficient (Wildman–Crippen LogP) is 7.67. The van der Waals surface area contributed by atoms with E-state index in [2.05, 4.69) is 30.3 Å². The summed E-state index contributed by atoms with van der Waals surface area (Å²) in [6.07, 6.45) is 20.4. The first-order chi connectivity index (χ1) is 12.3. The molecule has 0 aliphatic carbocycles. The van der Waals surface area contributed by atoms with Crippen molar-refractivity contribution in [1.29, 1.82) is 0 Å². The van der Waals surface area contributed by atoms with Crippen LogP contribution in [0.1, 0.15) is 109 Å². The van der Waals surface area contributed by atoms with E-state index < -0.39 is 0 Å². The third-order valence-electron chi connectivity index (χ3n) is 5.16. The highest BCUT2D eigenvalue weighted by molar-refractivity contribution is 5.77. The Morgan fingerprint density at radius 3 is 1.56 bits per heavy atom. The van der Waals surface area contributed by atoms with Gasteiger partial charge in [0.05, 0.1) is 0 Å². The van der Waals surface area contributed by atoms with Gasteiger partial charge >= 0.3 is 0 Å². The van der Waals surface area contributed by atoms with Gasteiger partial charge in [0, 0.05) is 12.8 Å². The predicted molar refractivity (Wildman–Crippen MR) is 110 cm³/mol. The number of ketones is 1. The van der Waals surface area contributed by atoms with E-state index in [9.17, 15) is 4.79 Å². The van der Waals surface area contributed by atoms with Crippen LogP contribution in [0.4, 0.5) is 0 Å². The molecule has 25 heavy (non-hydrogen) atoms. The van der Waals surface area contributed by atoms with E-state index in [-0.39, 0.29) is 0 Å². The van der Waals surface area contributed by atoms with Gasteiger partial charge in [0.1, 0.15) is 5.78 Å². The van der Waals surface area contributed by atoms with Crippen molar-refractivity contribution in [3.8, 4) is 0 Å². The van der Waals surface area contributed by atoms with Crippen molar-refractivity contribution in [3.63, 3.8) is 0 Å². The minimum Gasteiger partial charge on any atom is -0.300 e. The van der Waals surface area contributed by atoms with Crippen LogP contribution in [0.25, 0.3) is 0 Å². The fourth-order valence-electron chi connectivity index (χ4n) is 3.42. The monoisotopic (exact) mass is 344 g/mol. The zero-order valence-corrected chi connectivity index (χ0v) is 16.6. The zero-order valence-electron chi connectivity index (χ0n) is 16.6. The number of benzene rings is 1. The second kappa shape index (κ2) is 16.4. The Bertz CT molecular complexity index is 409. The van der Waals surface area contributed by atoms with E-state index in [1.54, 1.807) is 0 Å². The molecule has 0 N–H and O–H groups in total. The fraction of sp³-hybridized carbons (Fsp3) is 0.708. The standard InChI is InChI=1S/C24H40O/c1-2-24(25)22-18-13-11-9-7-5-3-4-6-8-10-12-15-19-23-20-16-14-17-21-23/h14,16-17,20-21H,2-13,15,18-19,22H2,1H3. The van der Waals surface area contributed by atoms with Crippen molar-refractivity contribution in [1.82, 2.24) is 0 Å². The van der Waals surface area contributed by atoms with Gasteiger partial charge in [-0.25, -0.2) is 0 Å². The Hall–Kier alpha value is -1.11. The first kappa shape index (κ1) is 21.9. The topological polar surface area (TPSA) is 17.1 Å². The first-order valence-corrected chi connectivity index (χ1v) is 10.9. The van der Waals surface area contributed by atoms with Crippen LogP contribution < -0.4 is 0 Å². The fourth-order valence-corrected chi connectivity index (χ4v) is 3.42. The SMILES string of the molecule is CCC(=O)CCCCCCCCCCCCCCCc1ccccc1. The van der Waals surface area contributed by atoms with Crippen LogP contribution in [0.2, 0.25) is 0 Å². The third kappa shape index (κ3) is 13.8. The molecule has 0 saturated carbocycles. The summed E-state index contributed by atoms with van der Waals surface area (Å²) in [5.74, 6) is 0.431. The van der Waals surface area contributed by atoms with Crippen molar-refractivity contribution < 1.29 is 4.79 Å². The molecular formula is C24H40O. The van der Waals surface area contributed by atoms with Crippen LogP contribution in [-0.2, 0) is 11.2 Å². The van der Waals surface area contributed by atoms with Gasteiger partial charge in [0.2, 0.25) is 0 Å². The maximum absolute atomic E-state index is 11.2. The van der Waals surface area contributed by atoms with Crippen LogP contribution in [0.3, 0.4) is 0 Å². The van der Waals surface area contributed by atoms with E-state index in [0.717, 1.165) is 12.8 Å². The number of unbranched alkanes of at least 4 members (excludes halogenated alkanes) is 12. The van der Waals surface area contributed by atoms with E-state index in [4.69, 9.17) is 0 Å². The maximum atomic E-state index is 11.2. The maximum Gasteiger partial charge on any atom is 0.132 e. The lowest BCUT2D eigenvalue weighted by Gasteiger charge is -2.04. The number of carbonyl (C=O) groups excluding carboxylic acids is 1. The highest BCUT2D eigenvalue weighted by Crippen LogP contribution is 2.14. The largest absolute Gasteiger partial charge is 0.300 e. The minimum atomic E-state index is 0.431. The molecule has 0 unspecified atom stereocenters. The van der Waals surface area contributed by atoms with Crippen LogP contribution in [0, 0.1) is 0 Å². The minimum absolute atomic E-state index is 0.431. The molecule has 0 aliphatic rings. The van der Waals surface area contributed by atoms with E-state index in [1.165, 1.54) is 89.0 Å². The third-order valence-corrected chi connectivity index (χ3v) is 5.16. The molecule has 1 nitrogen and oxygen atoms in total. The van der Waals surface area contributed by atoms with Crippen LogP contribution >= 0.6 is 0 Å². The van der Waals surface area contributed by atoms with E-state index >= 15 is 0 Å². The van der Waals surface area contributed by atoms with Crippen molar-refractivity contribution in [2.45, 2.75) is 110 Å². The van der Waals surface area contributed by atoms with Crippen molar-refractivity contribution >= 4 is 5.78 Å². The number of Topliss-reactive ketones (excluding diaryl/α,β-unsaturated/α-hetero) is 1. The molecule has 0 atom stereocenters. The number of aryl methyl sites for hydroxylation is 1. The summed E-state index contributed by atoms with van der Waals surface area (Å²) in [6, 6.07) is 10.9. The summed E-state index contributed by atoms with van der Waals surface area (Å²) in [6.45, 7) is 1.97. The Labute approximate surface area is 156 Å². The van der Waals surface area contributed by atoms with Crippen molar-refractivity contribution in [2.24, 2.45) is 0 Å². The van der Waals surface area contributed by atoms with Gasteiger partial charge < -0.3 is 0 Å². The Morgan fingerprint density at radius 1 is 0.640 bits per heavy atom. The molecule has 0 radical (unpaired) electrons. The van der Waals surface area contributed by atoms with Crippen molar-refractivity contribution in [3.05, 3.63) is 35.9 Å². The Morgan fingerprint density at radius 2 is 1.08 bits per heavy atom. The summed E-state index contributed by atoms with van der Waals surface area (Å²) >= 11 is 0. The Kier molecular flexibility index (Phi) is 14.4. The molecule has 0 amide bonds. The van der Waals surface area contributed by atoms with E-state index in [0.29, 0.717) is 12.2 Å². The molecule has 0 saturated heterocycles. The molecule has 142 valence electrons. The lowest BCUT2D eigenvalue weighted by atomic mass is 10.0. The molecule has 0 aromatic heterocycles. The molecule has 0 fully saturated rings. The highest BCUT2D eigenvalue weighted by Gasteiger charge is 1.98. The molecule has 0 spiro atoms. The molecule has 1 rings (SSSR count). The van der Waals surface area contributed by atoms with Gasteiger partial charge in [0.25, 0.3) is 0 Å².